The molecule has 2 amide bonds. The SMILES string of the molecule is CC1(C)C2CC[C@H](CNC(=O)c3cccc4nc(C(=O)N5CCC[C@@H](N)C5)cn34)C1C2. The van der Waals surface area contributed by atoms with Crippen LogP contribution in [0, 0.1) is 23.2 Å². The number of nitrogens with one attached hydrogen (secondary N) is 1. The number of imidazole rings is 1. The van der Waals surface area contributed by atoms with Crippen LogP contribution in [0.2, 0.25) is 0 Å². The first-order valence-electron chi connectivity index (χ1n) is 11.7. The van der Waals surface area contributed by atoms with E-state index in [9.17, 15) is 9.59 Å². The van der Waals surface area contributed by atoms with E-state index in [0.29, 0.717) is 53.9 Å². The molecule has 0 aromatic carbocycles. The van der Waals surface area contributed by atoms with E-state index in [1.807, 2.05) is 12.1 Å². The number of likely N-dealkylation sites (tertiary alicyclic amines) is 1. The van der Waals surface area contributed by atoms with E-state index in [1.165, 1.54) is 19.3 Å². The molecule has 0 radical (unpaired) electrons. The summed E-state index contributed by atoms with van der Waals surface area (Å²) in [6.07, 6.45) is 7.31. The number of fused-ring (bicyclic) bond motifs is 3. The van der Waals surface area contributed by atoms with Crippen LogP contribution in [-0.4, -0.2) is 51.8 Å². The highest BCUT2D eigenvalue weighted by atomic mass is 16.2. The maximum Gasteiger partial charge on any atom is 0.274 e. The van der Waals surface area contributed by atoms with Gasteiger partial charge in [0, 0.05) is 31.9 Å². The lowest BCUT2D eigenvalue weighted by Gasteiger charge is -2.60. The van der Waals surface area contributed by atoms with Crippen LogP contribution in [0.4, 0.5) is 0 Å². The summed E-state index contributed by atoms with van der Waals surface area (Å²) >= 11 is 0. The molecular weight excluding hydrogens is 390 g/mol. The van der Waals surface area contributed by atoms with Crippen LogP contribution in [0.5, 0.6) is 0 Å². The molecule has 4 aliphatic rings. The maximum absolute atomic E-state index is 13.0. The van der Waals surface area contributed by atoms with Gasteiger partial charge in [0.05, 0.1) is 0 Å². The summed E-state index contributed by atoms with van der Waals surface area (Å²) in [6.45, 7) is 6.72. The lowest BCUT2D eigenvalue weighted by atomic mass is 9.45. The molecule has 1 aliphatic heterocycles. The smallest absolute Gasteiger partial charge is 0.274 e. The number of hydrogen-bond acceptors (Lipinski definition) is 4. The number of pyridine rings is 1. The molecule has 3 aliphatic carbocycles. The van der Waals surface area contributed by atoms with Gasteiger partial charge in [-0.1, -0.05) is 19.9 Å². The van der Waals surface area contributed by atoms with E-state index in [4.69, 9.17) is 5.73 Å². The summed E-state index contributed by atoms with van der Waals surface area (Å²) in [5.74, 6) is 1.88. The third kappa shape index (κ3) is 3.53. The molecule has 3 saturated carbocycles. The molecule has 2 aromatic rings. The van der Waals surface area contributed by atoms with Gasteiger partial charge in [-0.15, -0.1) is 0 Å². The third-order valence-electron chi connectivity index (χ3n) is 8.22. The van der Waals surface area contributed by atoms with Gasteiger partial charge in [0.25, 0.3) is 11.8 Å². The first kappa shape index (κ1) is 20.5. The van der Waals surface area contributed by atoms with E-state index in [0.717, 1.165) is 18.8 Å². The van der Waals surface area contributed by atoms with Crippen LogP contribution in [0.1, 0.15) is 66.9 Å². The quantitative estimate of drug-likeness (QED) is 0.791. The zero-order chi connectivity index (χ0) is 21.8. The summed E-state index contributed by atoms with van der Waals surface area (Å²) in [5, 5.41) is 3.16. The minimum absolute atomic E-state index is 0.0202. The van der Waals surface area contributed by atoms with Crippen LogP contribution in [0.25, 0.3) is 5.65 Å². The Balaban J connectivity index is 1.30. The molecule has 166 valence electrons. The molecule has 0 spiro atoms. The van der Waals surface area contributed by atoms with Crippen LogP contribution in [0.15, 0.2) is 24.4 Å². The first-order chi connectivity index (χ1) is 14.8. The second-order valence-electron chi connectivity index (χ2n) is 10.3. The second-order valence-corrected chi connectivity index (χ2v) is 10.3. The van der Waals surface area contributed by atoms with Crippen molar-refractivity contribution in [1.29, 1.82) is 0 Å². The molecule has 6 rings (SSSR count). The molecule has 3 N–H and O–H groups in total. The van der Waals surface area contributed by atoms with Crippen molar-refractivity contribution in [2.24, 2.45) is 28.9 Å². The maximum atomic E-state index is 13.0. The van der Waals surface area contributed by atoms with Gasteiger partial charge in [0.1, 0.15) is 17.0 Å². The predicted molar refractivity (Wildman–Crippen MR) is 119 cm³/mol. The molecule has 7 nitrogen and oxygen atoms in total. The molecule has 4 atom stereocenters. The van der Waals surface area contributed by atoms with Crippen molar-refractivity contribution in [1.82, 2.24) is 19.6 Å². The standard InChI is InChI=1S/C24H33N5O2/c1-24(2)16-9-8-15(18(24)11-16)12-26-22(30)20-6-3-7-21-27-19(14-29(20)21)23(31)28-10-4-5-17(25)13-28/h3,6-7,14-18H,4-5,8-13,25H2,1-2H3,(H,26,30)/t15-,16?,17-,18?/m1/s1. The van der Waals surface area contributed by atoms with Crippen molar-refractivity contribution < 1.29 is 9.59 Å². The largest absolute Gasteiger partial charge is 0.350 e. The Morgan fingerprint density at radius 1 is 1.26 bits per heavy atom. The van der Waals surface area contributed by atoms with Gasteiger partial charge in [-0.3, -0.25) is 14.0 Å². The van der Waals surface area contributed by atoms with Gasteiger partial charge in [-0.05, 0) is 67.4 Å². The molecule has 2 aromatic heterocycles. The highest BCUT2D eigenvalue weighted by Gasteiger charge is 2.53. The van der Waals surface area contributed by atoms with Gasteiger partial charge in [-0.2, -0.15) is 0 Å². The van der Waals surface area contributed by atoms with E-state index in [2.05, 4.69) is 24.1 Å². The van der Waals surface area contributed by atoms with Crippen molar-refractivity contribution in [2.75, 3.05) is 19.6 Å². The monoisotopic (exact) mass is 423 g/mol. The predicted octanol–water partition coefficient (Wildman–Crippen LogP) is 2.70. The number of piperidine rings is 1. The van der Waals surface area contributed by atoms with Crippen LogP contribution >= 0.6 is 0 Å². The molecule has 2 unspecified atom stereocenters. The third-order valence-corrected chi connectivity index (χ3v) is 8.22. The Hall–Kier alpha value is -2.41. The van der Waals surface area contributed by atoms with Gasteiger partial charge >= 0.3 is 0 Å². The summed E-state index contributed by atoms with van der Waals surface area (Å²) in [7, 11) is 0. The van der Waals surface area contributed by atoms with E-state index in [1.54, 1.807) is 21.6 Å². The number of aromatic nitrogens is 2. The molecule has 7 heteroatoms. The highest BCUT2D eigenvalue weighted by molar-refractivity contribution is 5.95. The van der Waals surface area contributed by atoms with Gasteiger partial charge < -0.3 is 16.0 Å². The van der Waals surface area contributed by atoms with Crippen molar-refractivity contribution in [2.45, 2.75) is 52.0 Å². The van der Waals surface area contributed by atoms with Crippen molar-refractivity contribution in [3.05, 3.63) is 35.8 Å². The molecule has 2 bridgehead atoms. The fourth-order valence-corrected chi connectivity index (χ4v) is 6.18. The topological polar surface area (TPSA) is 92.7 Å². The number of nitrogens with two attached hydrogens (primary N) is 1. The Labute approximate surface area is 183 Å². The molecular formula is C24H33N5O2. The summed E-state index contributed by atoms with van der Waals surface area (Å²) < 4.78 is 1.73. The fourth-order valence-electron chi connectivity index (χ4n) is 6.18. The van der Waals surface area contributed by atoms with Crippen LogP contribution < -0.4 is 11.1 Å². The number of rotatable bonds is 4. The van der Waals surface area contributed by atoms with Gasteiger partial charge in [0.15, 0.2) is 0 Å². The molecule has 31 heavy (non-hydrogen) atoms. The lowest BCUT2D eigenvalue weighted by molar-refractivity contribution is -0.103. The Kier molecular flexibility index (Phi) is 5.04. The molecule has 1 saturated heterocycles. The van der Waals surface area contributed by atoms with Crippen molar-refractivity contribution in [3.63, 3.8) is 0 Å². The molecule has 4 fully saturated rings. The Bertz CT molecular complexity index is 1010. The van der Waals surface area contributed by atoms with E-state index < -0.39 is 0 Å². The van der Waals surface area contributed by atoms with Gasteiger partial charge in [0.2, 0.25) is 0 Å². The highest BCUT2D eigenvalue weighted by Crippen LogP contribution is 2.61. The first-order valence-corrected chi connectivity index (χ1v) is 11.7. The number of nitrogens with zero attached hydrogens (tertiary/aromatic N) is 3. The Morgan fingerprint density at radius 2 is 2.10 bits per heavy atom. The second kappa shape index (κ2) is 7.62. The average molecular weight is 424 g/mol. The number of hydrogen-bond donors (Lipinski definition) is 2. The van der Waals surface area contributed by atoms with Crippen molar-refractivity contribution in [3.8, 4) is 0 Å². The zero-order valence-electron chi connectivity index (χ0n) is 18.5. The summed E-state index contributed by atoms with van der Waals surface area (Å²) in [6, 6.07) is 5.46. The number of carbonyl (C=O) groups is 2. The number of amides is 2. The lowest BCUT2D eigenvalue weighted by Crippen LogP contribution is -2.54. The van der Waals surface area contributed by atoms with Crippen LogP contribution in [-0.2, 0) is 0 Å². The van der Waals surface area contributed by atoms with E-state index in [-0.39, 0.29) is 17.9 Å². The van der Waals surface area contributed by atoms with Crippen LogP contribution in [0.3, 0.4) is 0 Å². The summed E-state index contributed by atoms with van der Waals surface area (Å²) in [4.78, 5) is 32.2. The normalized spacial score (nSPS) is 29.5. The molecule has 3 heterocycles. The summed E-state index contributed by atoms with van der Waals surface area (Å²) in [5.41, 5.74) is 7.93. The number of carbonyl (C=O) groups excluding carboxylic acids is 2. The fraction of sp³-hybridized carbons (Fsp3) is 0.625. The van der Waals surface area contributed by atoms with E-state index >= 15 is 0 Å². The zero-order valence-corrected chi connectivity index (χ0v) is 18.5. The minimum Gasteiger partial charge on any atom is -0.350 e. The van der Waals surface area contributed by atoms with Gasteiger partial charge in [-0.25, -0.2) is 4.98 Å². The Morgan fingerprint density at radius 3 is 2.84 bits per heavy atom. The van der Waals surface area contributed by atoms with Crippen molar-refractivity contribution >= 4 is 17.5 Å². The average Bonchev–Trinajstić information content (AvgIpc) is 3.21. The minimum atomic E-state index is -0.116.